The molecule has 0 atom stereocenters. The summed E-state index contributed by atoms with van der Waals surface area (Å²) in [5, 5.41) is 17.8. The number of carbonyl (C=O) groups is 1. The van der Waals surface area contributed by atoms with Gasteiger partial charge in [-0.1, -0.05) is 0 Å². The number of hydrogen-bond donors (Lipinski definition) is 1. The van der Waals surface area contributed by atoms with Gasteiger partial charge in [-0.25, -0.2) is 9.59 Å². The van der Waals surface area contributed by atoms with E-state index in [0.29, 0.717) is 10.9 Å². The van der Waals surface area contributed by atoms with Crippen molar-refractivity contribution in [3.05, 3.63) is 45.8 Å². The molecule has 78 valence electrons. The Morgan fingerprint density at radius 1 is 1.38 bits per heavy atom. The Balaban J connectivity index is 2.80. The lowest BCUT2D eigenvalue weighted by atomic mass is 10.1. The Hall–Kier alpha value is -2.61. The first kappa shape index (κ1) is 9.93. The van der Waals surface area contributed by atoms with Crippen LogP contribution in [0, 0.1) is 11.3 Å². The van der Waals surface area contributed by atoms with Crippen molar-refractivity contribution >= 4 is 16.9 Å². The molecule has 0 bridgehead atoms. The predicted molar refractivity (Wildman–Crippen MR) is 54.2 cm³/mol. The molecule has 0 aliphatic carbocycles. The minimum atomic E-state index is -1.33. The number of carboxylic acid groups (broad SMARTS) is 1. The standard InChI is InChI=1S/C11H5NO4/c12-5-6-1-2-7-4-8(10(13)14)11(15)16-9(7)3-6/h1-4H,(H,13,14). The number of hydrogen-bond acceptors (Lipinski definition) is 4. The summed E-state index contributed by atoms with van der Waals surface area (Å²) in [6.07, 6.45) is 0. The van der Waals surface area contributed by atoms with Crippen LogP contribution in [0.5, 0.6) is 0 Å². The van der Waals surface area contributed by atoms with Gasteiger partial charge in [0.1, 0.15) is 11.1 Å². The van der Waals surface area contributed by atoms with Crippen molar-refractivity contribution in [2.75, 3.05) is 0 Å². The number of aromatic carboxylic acids is 1. The smallest absolute Gasteiger partial charge is 0.351 e. The highest BCUT2D eigenvalue weighted by atomic mass is 16.4. The second kappa shape index (κ2) is 3.51. The molecular weight excluding hydrogens is 210 g/mol. The van der Waals surface area contributed by atoms with Gasteiger partial charge in [0, 0.05) is 5.39 Å². The maximum atomic E-state index is 11.2. The van der Waals surface area contributed by atoms with Crippen LogP contribution in [-0.2, 0) is 0 Å². The van der Waals surface area contributed by atoms with E-state index in [1.165, 1.54) is 24.3 Å². The summed E-state index contributed by atoms with van der Waals surface area (Å²) in [4.78, 5) is 21.9. The summed E-state index contributed by atoms with van der Waals surface area (Å²) >= 11 is 0. The van der Waals surface area contributed by atoms with Crippen LogP contribution in [0.25, 0.3) is 11.0 Å². The highest BCUT2D eigenvalue weighted by Crippen LogP contribution is 2.15. The van der Waals surface area contributed by atoms with Crippen LogP contribution in [-0.4, -0.2) is 11.1 Å². The van der Waals surface area contributed by atoms with Crippen molar-refractivity contribution in [1.29, 1.82) is 5.26 Å². The highest BCUT2D eigenvalue weighted by molar-refractivity contribution is 5.91. The molecule has 16 heavy (non-hydrogen) atoms. The molecule has 2 rings (SSSR count). The van der Waals surface area contributed by atoms with E-state index in [1.54, 1.807) is 0 Å². The minimum absolute atomic E-state index is 0.203. The Kier molecular flexibility index (Phi) is 2.18. The fourth-order valence-corrected chi connectivity index (χ4v) is 1.33. The average Bonchev–Trinajstić information content (AvgIpc) is 2.27. The number of fused-ring (bicyclic) bond motifs is 1. The third-order valence-electron chi connectivity index (χ3n) is 2.10. The number of rotatable bonds is 1. The third kappa shape index (κ3) is 1.53. The molecule has 0 saturated carbocycles. The van der Waals surface area contributed by atoms with Crippen LogP contribution in [0.4, 0.5) is 0 Å². The first-order chi connectivity index (χ1) is 7.61. The number of benzene rings is 1. The summed E-state index contributed by atoms with van der Waals surface area (Å²) in [6.45, 7) is 0. The monoisotopic (exact) mass is 215 g/mol. The molecule has 0 aliphatic rings. The molecule has 0 radical (unpaired) electrons. The van der Waals surface area contributed by atoms with Crippen molar-refractivity contribution < 1.29 is 14.3 Å². The van der Waals surface area contributed by atoms with Crippen LogP contribution < -0.4 is 5.63 Å². The quantitative estimate of drug-likeness (QED) is 0.725. The first-order valence-corrected chi connectivity index (χ1v) is 4.33. The van der Waals surface area contributed by atoms with Gasteiger partial charge in [-0.2, -0.15) is 5.26 Å². The molecule has 5 nitrogen and oxygen atoms in total. The van der Waals surface area contributed by atoms with E-state index in [0.717, 1.165) is 0 Å². The summed E-state index contributed by atoms with van der Waals surface area (Å²) in [5.74, 6) is -1.33. The fraction of sp³-hybridized carbons (Fsp3) is 0. The number of nitriles is 1. The van der Waals surface area contributed by atoms with Crippen LogP contribution in [0.3, 0.4) is 0 Å². The Bertz CT molecular complexity index is 678. The van der Waals surface area contributed by atoms with Crippen molar-refractivity contribution in [3.8, 4) is 6.07 Å². The molecule has 1 aromatic heterocycles. The van der Waals surface area contributed by atoms with E-state index >= 15 is 0 Å². The lowest BCUT2D eigenvalue weighted by Gasteiger charge is -1.98. The minimum Gasteiger partial charge on any atom is -0.477 e. The van der Waals surface area contributed by atoms with Crippen LogP contribution >= 0.6 is 0 Å². The molecule has 0 aliphatic heterocycles. The van der Waals surface area contributed by atoms with E-state index in [-0.39, 0.29) is 5.58 Å². The van der Waals surface area contributed by atoms with Gasteiger partial charge in [-0.05, 0) is 24.3 Å². The fourth-order valence-electron chi connectivity index (χ4n) is 1.33. The molecule has 5 heteroatoms. The van der Waals surface area contributed by atoms with Gasteiger partial charge in [0.25, 0.3) is 0 Å². The van der Waals surface area contributed by atoms with Crippen molar-refractivity contribution in [2.24, 2.45) is 0 Å². The molecule has 2 aromatic rings. The maximum Gasteiger partial charge on any atom is 0.351 e. The molecule has 0 spiro atoms. The van der Waals surface area contributed by atoms with Gasteiger partial charge in [-0.15, -0.1) is 0 Å². The highest BCUT2D eigenvalue weighted by Gasteiger charge is 2.11. The lowest BCUT2D eigenvalue weighted by molar-refractivity contribution is 0.0692. The molecule has 1 heterocycles. The first-order valence-electron chi connectivity index (χ1n) is 4.33. The van der Waals surface area contributed by atoms with E-state index in [9.17, 15) is 9.59 Å². The van der Waals surface area contributed by atoms with Gasteiger partial charge in [0.05, 0.1) is 11.6 Å². The summed E-state index contributed by atoms with van der Waals surface area (Å²) in [7, 11) is 0. The predicted octanol–water partition coefficient (Wildman–Crippen LogP) is 1.36. The lowest BCUT2D eigenvalue weighted by Crippen LogP contribution is -2.12. The van der Waals surface area contributed by atoms with Gasteiger partial charge in [0.2, 0.25) is 0 Å². The molecule has 0 unspecified atom stereocenters. The van der Waals surface area contributed by atoms with Crippen molar-refractivity contribution in [2.45, 2.75) is 0 Å². The zero-order valence-electron chi connectivity index (χ0n) is 7.93. The average molecular weight is 215 g/mol. The summed E-state index contributed by atoms with van der Waals surface area (Å²) in [5.41, 5.74) is -0.792. The van der Waals surface area contributed by atoms with Crippen LogP contribution in [0.1, 0.15) is 15.9 Å². The van der Waals surface area contributed by atoms with Crippen molar-refractivity contribution in [3.63, 3.8) is 0 Å². The second-order valence-electron chi connectivity index (χ2n) is 3.12. The third-order valence-corrected chi connectivity index (χ3v) is 2.10. The van der Waals surface area contributed by atoms with Crippen LogP contribution in [0.2, 0.25) is 0 Å². The zero-order valence-corrected chi connectivity index (χ0v) is 7.93. The molecule has 1 aromatic carbocycles. The molecule has 1 N–H and O–H groups in total. The Morgan fingerprint density at radius 3 is 2.75 bits per heavy atom. The van der Waals surface area contributed by atoms with Gasteiger partial charge in [-0.3, -0.25) is 0 Å². The molecule has 0 saturated heterocycles. The van der Waals surface area contributed by atoms with Crippen molar-refractivity contribution in [1.82, 2.24) is 0 Å². The molecule has 0 fully saturated rings. The van der Waals surface area contributed by atoms with E-state index in [4.69, 9.17) is 14.8 Å². The summed E-state index contributed by atoms with van der Waals surface area (Å²) < 4.78 is 4.81. The van der Waals surface area contributed by atoms with Gasteiger partial charge >= 0.3 is 11.6 Å². The SMILES string of the molecule is N#Cc1ccc2cc(C(=O)O)c(=O)oc2c1. The van der Waals surface area contributed by atoms with Gasteiger partial charge < -0.3 is 9.52 Å². The normalized spacial score (nSPS) is 9.94. The largest absolute Gasteiger partial charge is 0.477 e. The molecule has 0 amide bonds. The zero-order chi connectivity index (χ0) is 11.7. The van der Waals surface area contributed by atoms with E-state index < -0.39 is 17.2 Å². The topological polar surface area (TPSA) is 91.3 Å². The second-order valence-corrected chi connectivity index (χ2v) is 3.12. The van der Waals surface area contributed by atoms with Crippen LogP contribution in [0.15, 0.2) is 33.5 Å². The summed E-state index contributed by atoms with van der Waals surface area (Å²) in [6, 6.07) is 7.57. The Labute approximate surface area is 89.2 Å². The van der Waals surface area contributed by atoms with E-state index in [2.05, 4.69) is 0 Å². The number of carboxylic acids is 1. The molecular formula is C11H5NO4. The maximum absolute atomic E-state index is 11.2. The van der Waals surface area contributed by atoms with Gasteiger partial charge in [0.15, 0.2) is 0 Å². The Morgan fingerprint density at radius 2 is 2.12 bits per heavy atom. The number of nitrogens with zero attached hydrogens (tertiary/aromatic N) is 1. The van der Waals surface area contributed by atoms with E-state index in [1.807, 2.05) is 6.07 Å².